The normalized spacial score (nSPS) is 16.1. The quantitative estimate of drug-likeness (QED) is 0.761. The molecule has 2 rings (SSSR count). The van der Waals surface area contributed by atoms with Crippen molar-refractivity contribution < 1.29 is 8.85 Å². The van der Waals surface area contributed by atoms with Crippen molar-refractivity contribution in [2.75, 3.05) is 14.2 Å². The van der Waals surface area contributed by atoms with Crippen LogP contribution in [0.25, 0.3) is 0 Å². The molecular formula is C11H20O2SSi. The van der Waals surface area contributed by atoms with E-state index in [1.165, 1.54) is 25.7 Å². The Hall–Kier alpha value is -0.163. The Bertz CT molecular complexity index is 231. The SMILES string of the molecule is CO[SiH2]OC.c1csc(C2CCCC2)c1. The minimum atomic E-state index is -0.568. The van der Waals surface area contributed by atoms with E-state index in [-0.39, 0.29) is 0 Å². The van der Waals surface area contributed by atoms with E-state index in [0.29, 0.717) is 0 Å². The molecule has 0 aromatic carbocycles. The molecule has 0 radical (unpaired) electrons. The van der Waals surface area contributed by atoms with Crippen molar-refractivity contribution in [2.45, 2.75) is 31.6 Å². The van der Waals surface area contributed by atoms with Crippen molar-refractivity contribution in [3.8, 4) is 0 Å². The second-order valence-corrected chi connectivity index (χ2v) is 6.06. The molecule has 86 valence electrons. The predicted molar refractivity (Wildman–Crippen MR) is 68.1 cm³/mol. The Morgan fingerprint density at radius 2 is 1.93 bits per heavy atom. The van der Waals surface area contributed by atoms with Crippen molar-refractivity contribution in [1.29, 1.82) is 0 Å². The molecule has 1 aliphatic rings. The summed E-state index contributed by atoms with van der Waals surface area (Å²) in [4.78, 5) is 1.61. The highest BCUT2D eigenvalue weighted by Gasteiger charge is 2.16. The van der Waals surface area contributed by atoms with Gasteiger partial charge in [-0.3, -0.25) is 0 Å². The Morgan fingerprint density at radius 1 is 1.27 bits per heavy atom. The smallest absolute Gasteiger partial charge is 0.303 e. The highest BCUT2D eigenvalue weighted by Crippen LogP contribution is 2.35. The van der Waals surface area contributed by atoms with E-state index < -0.39 is 10.0 Å². The van der Waals surface area contributed by atoms with E-state index in [1.807, 2.05) is 11.3 Å². The zero-order valence-electron chi connectivity index (χ0n) is 9.57. The Kier molecular flexibility index (Phi) is 6.92. The molecule has 0 N–H and O–H groups in total. The van der Waals surface area contributed by atoms with Gasteiger partial charge in [0.1, 0.15) is 0 Å². The largest absolute Gasteiger partial charge is 0.402 e. The standard InChI is InChI=1S/C9H12S.C2H8O2Si/c1-2-5-8(4-1)9-6-3-7-10-9;1-3-5-4-2/h3,6-8H,1-2,4-5H2;5H2,1-2H3. The van der Waals surface area contributed by atoms with E-state index in [0.717, 1.165) is 5.92 Å². The van der Waals surface area contributed by atoms with Crippen LogP contribution in [0.4, 0.5) is 0 Å². The molecule has 1 aliphatic carbocycles. The van der Waals surface area contributed by atoms with Crippen LogP contribution in [0.1, 0.15) is 36.5 Å². The summed E-state index contributed by atoms with van der Waals surface area (Å²) in [6.07, 6.45) is 5.76. The molecule has 0 saturated heterocycles. The average Bonchev–Trinajstić information content (AvgIpc) is 2.93. The lowest BCUT2D eigenvalue weighted by molar-refractivity contribution is 0.309. The van der Waals surface area contributed by atoms with Crippen LogP contribution in [-0.4, -0.2) is 24.2 Å². The monoisotopic (exact) mass is 244 g/mol. The summed E-state index contributed by atoms with van der Waals surface area (Å²) in [6.45, 7) is 0. The van der Waals surface area contributed by atoms with E-state index in [4.69, 9.17) is 0 Å². The second-order valence-electron chi connectivity index (χ2n) is 3.69. The van der Waals surface area contributed by atoms with Gasteiger partial charge in [0, 0.05) is 19.1 Å². The summed E-state index contributed by atoms with van der Waals surface area (Å²) >= 11 is 1.92. The average molecular weight is 244 g/mol. The summed E-state index contributed by atoms with van der Waals surface area (Å²) < 4.78 is 9.22. The summed E-state index contributed by atoms with van der Waals surface area (Å²) in [7, 11) is 2.73. The molecule has 1 aromatic heterocycles. The van der Waals surface area contributed by atoms with Gasteiger partial charge in [-0.15, -0.1) is 11.3 Å². The molecule has 4 heteroatoms. The van der Waals surface area contributed by atoms with Gasteiger partial charge in [0.15, 0.2) is 0 Å². The zero-order chi connectivity index (χ0) is 10.9. The van der Waals surface area contributed by atoms with Crippen molar-refractivity contribution in [2.24, 2.45) is 0 Å². The molecule has 0 bridgehead atoms. The maximum absolute atomic E-state index is 4.61. The van der Waals surface area contributed by atoms with Gasteiger partial charge in [-0.05, 0) is 30.2 Å². The van der Waals surface area contributed by atoms with Gasteiger partial charge in [-0.2, -0.15) is 0 Å². The van der Waals surface area contributed by atoms with Gasteiger partial charge in [-0.1, -0.05) is 18.9 Å². The molecule has 0 unspecified atom stereocenters. The molecule has 0 spiro atoms. The molecule has 1 aromatic rings. The molecule has 1 saturated carbocycles. The Morgan fingerprint density at radius 3 is 2.33 bits per heavy atom. The first-order valence-corrected chi connectivity index (χ1v) is 7.43. The second kappa shape index (κ2) is 8.04. The minimum absolute atomic E-state index is 0.568. The lowest BCUT2D eigenvalue weighted by atomic mass is 10.1. The van der Waals surface area contributed by atoms with Gasteiger partial charge in [0.05, 0.1) is 0 Å². The highest BCUT2D eigenvalue weighted by atomic mass is 32.1. The third-order valence-corrected chi connectivity index (χ3v) is 4.04. The first kappa shape index (κ1) is 12.9. The first-order chi connectivity index (χ1) is 7.38. The lowest BCUT2D eigenvalue weighted by Gasteiger charge is -2.03. The van der Waals surface area contributed by atoms with Crippen molar-refractivity contribution in [3.05, 3.63) is 22.4 Å². The van der Waals surface area contributed by atoms with Crippen LogP contribution >= 0.6 is 11.3 Å². The van der Waals surface area contributed by atoms with Crippen LogP contribution in [-0.2, 0) is 8.85 Å². The van der Waals surface area contributed by atoms with Crippen LogP contribution < -0.4 is 0 Å². The molecule has 0 aliphatic heterocycles. The fourth-order valence-electron chi connectivity index (χ4n) is 1.85. The maximum atomic E-state index is 4.61. The third kappa shape index (κ3) is 4.93. The summed E-state index contributed by atoms with van der Waals surface area (Å²) in [5.41, 5.74) is 0. The van der Waals surface area contributed by atoms with Crippen molar-refractivity contribution in [3.63, 3.8) is 0 Å². The van der Waals surface area contributed by atoms with Crippen molar-refractivity contribution in [1.82, 2.24) is 0 Å². The Balaban J connectivity index is 0.000000195. The molecule has 0 atom stereocenters. The molecular weight excluding hydrogens is 224 g/mol. The van der Waals surface area contributed by atoms with E-state index >= 15 is 0 Å². The third-order valence-electron chi connectivity index (χ3n) is 2.54. The van der Waals surface area contributed by atoms with Crippen LogP contribution in [0, 0.1) is 0 Å². The number of hydrogen-bond acceptors (Lipinski definition) is 3. The zero-order valence-corrected chi connectivity index (χ0v) is 11.8. The van der Waals surface area contributed by atoms with Gasteiger partial charge in [0.25, 0.3) is 0 Å². The van der Waals surface area contributed by atoms with E-state index in [9.17, 15) is 0 Å². The summed E-state index contributed by atoms with van der Waals surface area (Å²) in [5.74, 6) is 0.917. The number of thiophene rings is 1. The molecule has 1 fully saturated rings. The molecule has 15 heavy (non-hydrogen) atoms. The summed E-state index contributed by atoms with van der Waals surface area (Å²) in [6, 6.07) is 4.44. The molecule has 0 amide bonds. The van der Waals surface area contributed by atoms with Crippen LogP contribution in [0.5, 0.6) is 0 Å². The predicted octanol–water partition coefficient (Wildman–Crippen LogP) is 2.68. The fourth-order valence-corrected chi connectivity index (χ4v) is 2.99. The molecule has 2 nitrogen and oxygen atoms in total. The fraction of sp³-hybridized carbons (Fsp3) is 0.636. The molecule has 1 heterocycles. The first-order valence-electron chi connectivity index (χ1n) is 5.39. The van der Waals surface area contributed by atoms with Crippen LogP contribution in [0.2, 0.25) is 0 Å². The number of hydrogen-bond donors (Lipinski definition) is 0. The van der Waals surface area contributed by atoms with Crippen LogP contribution in [0.3, 0.4) is 0 Å². The minimum Gasteiger partial charge on any atom is -0.402 e. The van der Waals surface area contributed by atoms with Gasteiger partial charge < -0.3 is 8.85 Å². The highest BCUT2D eigenvalue weighted by molar-refractivity contribution is 7.10. The number of rotatable bonds is 3. The van der Waals surface area contributed by atoms with Gasteiger partial charge in [-0.25, -0.2) is 0 Å². The summed E-state index contributed by atoms with van der Waals surface area (Å²) in [5, 5.41) is 2.19. The topological polar surface area (TPSA) is 18.5 Å². The Labute approximate surface area is 98.7 Å². The van der Waals surface area contributed by atoms with E-state index in [2.05, 4.69) is 26.4 Å². The van der Waals surface area contributed by atoms with Gasteiger partial charge in [0.2, 0.25) is 0 Å². The van der Waals surface area contributed by atoms with Crippen LogP contribution in [0.15, 0.2) is 17.5 Å². The maximum Gasteiger partial charge on any atom is 0.303 e. The van der Waals surface area contributed by atoms with E-state index in [1.54, 1.807) is 19.1 Å². The van der Waals surface area contributed by atoms with Gasteiger partial charge >= 0.3 is 10.0 Å². The lowest BCUT2D eigenvalue weighted by Crippen LogP contribution is -1.93. The van der Waals surface area contributed by atoms with Crippen molar-refractivity contribution >= 4 is 21.3 Å².